The van der Waals surface area contributed by atoms with Crippen molar-refractivity contribution in [3.8, 4) is 44.9 Å². The van der Waals surface area contributed by atoms with Gasteiger partial charge in [-0.3, -0.25) is 0 Å². The summed E-state index contributed by atoms with van der Waals surface area (Å²) >= 11 is 1.76. The van der Waals surface area contributed by atoms with Gasteiger partial charge in [-0.25, -0.2) is 9.97 Å². The molecule has 0 spiro atoms. The van der Waals surface area contributed by atoms with Gasteiger partial charge in [0.1, 0.15) is 11.2 Å². The first-order valence-electron chi connectivity index (χ1n) is 18.9. The fourth-order valence-corrected chi connectivity index (χ4v) is 9.79. The molecule has 0 atom stereocenters. The molecule has 12 rings (SSSR count). The first-order chi connectivity index (χ1) is 27.7. The SMILES string of the molecule is c1ccc(-c2ccc(-c3ccc4c(c3)oc3cccc(-c5nc(-c6ccc7c8ccccc8c8ccccc8c7c6)c6sc7ccccc7c6n5)c34)cc2)cc1. The molecule has 0 aliphatic heterocycles. The number of fused-ring (bicyclic) bond motifs is 12. The zero-order valence-corrected chi connectivity index (χ0v) is 30.8. The maximum atomic E-state index is 6.60. The van der Waals surface area contributed by atoms with E-state index >= 15 is 0 Å². The van der Waals surface area contributed by atoms with Crippen molar-refractivity contribution >= 4 is 85.9 Å². The van der Waals surface area contributed by atoms with Crippen molar-refractivity contribution in [3.63, 3.8) is 0 Å². The molecule has 4 heteroatoms. The molecule has 0 aliphatic carbocycles. The second kappa shape index (κ2) is 12.2. The van der Waals surface area contributed by atoms with Crippen LogP contribution in [0.3, 0.4) is 0 Å². The number of furan rings is 1. The minimum absolute atomic E-state index is 0.688. The van der Waals surface area contributed by atoms with Gasteiger partial charge in [-0.05, 0) is 84.9 Å². The van der Waals surface area contributed by atoms with Crippen LogP contribution in [0.25, 0.3) is 119 Å². The molecule has 12 aromatic rings. The lowest BCUT2D eigenvalue weighted by Gasteiger charge is -2.13. The lowest BCUT2D eigenvalue weighted by Crippen LogP contribution is -1.94. The summed E-state index contributed by atoms with van der Waals surface area (Å²) in [5.41, 5.74) is 10.3. The van der Waals surface area contributed by atoms with Gasteiger partial charge in [0.15, 0.2) is 5.82 Å². The van der Waals surface area contributed by atoms with Crippen molar-refractivity contribution in [2.45, 2.75) is 0 Å². The molecule has 3 nitrogen and oxygen atoms in total. The molecule has 0 fully saturated rings. The minimum atomic E-state index is 0.688. The van der Waals surface area contributed by atoms with Crippen LogP contribution in [0.15, 0.2) is 186 Å². The molecular formula is C52H30N2OS. The van der Waals surface area contributed by atoms with Gasteiger partial charge in [0, 0.05) is 32.0 Å². The molecule has 0 saturated carbocycles. The largest absolute Gasteiger partial charge is 0.456 e. The fraction of sp³-hybridized carbons (Fsp3) is 0. The normalized spacial score (nSPS) is 11.9. The number of benzene rings is 9. The standard InChI is InChI=1S/C52H30N2OS/c1-2-11-31(12-3-1)32-21-23-33(24-22-32)34-25-28-41-46(30-34)55-45-19-10-18-43(48(41)45)52-53-49(51-50(54-52)42-17-8-9-20-47(42)56-51)35-26-27-40-38-15-5-4-13-36(38)37-14-6-7-16-39(37)44(40)29-35/h1-30H. The highest BCUT2D eigenvalue weighted by Gasteiger charge is 2.21. The topological polar surface area (TPSA) is 38.9 Å². The molecule has 56 heavy (non-hydrogen) atoms. The van der Waals surface area contributed by atoms with E-state index in [-0.39, 0.29) is 0 Å². The van der Waals surface area contributed by atoms with E-state index in [1.165, 1.54) is 48.1 Å². The fourth-order valence-electron chi connectivity index (χ4n) is 8.64. The van der Waals surface area contributed by atoms with Crippen LogP contribution in [0.4, 0.5) is 0 Å². The van der Waals surface area contributed by atoms with Crippen LogP contribution in [-0.2, 0) is 0 Å². The Balaban J connectivity index is 1.05. The Bertz CT molecular complexity index is 3490. The Hall–Kier alpha value is -7.14. The maximum absolute atomic E-state index is 6.60. The second-order valence-corrected chi connectivity index (χ2v) is 15.5. The zero-order chi connectivity index (χ0) is 36.7. The van der Waals surface area contributed by atoms with Gasteiger partial charge in [0.2, 0.25) is 0 Å². The molecule has 260 valence electrons. The Morgan fingerprint density at radius 2 is 0.946 bits per heavy atom. The van der Waals surface area contributed by atoms with Gasteiger partial charge in [0.25, 0.3) is 0 Å². The van der Waals surface area contributed by atoms with E-state index in [1.807, 2.05) is 12.1 Å². The predicted molar refractivity (Wildman–Crippen MR) is 236 cm³/mol. The van der Waals surface area contributed by atoms with Crippen LogP contribution >= 0.6 is 11.3 Å². The Morgan fingerprint density at radius 3 is 1.70 bits per heavy atom. The third-order valence-corrected chi connectivity index (χ3v) is 12.5. The maximum Gasteiger partial charge on any atom is 0.161 e. The van der Waals surface area contributed by atoms with Gasteiger partial charge < -0.3 is 4.42 Å². The molecule has 0 bridgehead atoms. The van der Waals surface area contributed by atoms with Gasteiger partial charge >= 0.3 is 0 Å². The zero-order valence-electron chi connectivity index (χ0n) is 30.0. The molecule has 0 amide bonds. The first kappa shape index (κ1) is 31.2. The summed E-state index contributed by atoms with van der Waals surface area (Å²) in [6.07, 6.45) is 0. The summed E-state index contributed by atoms with van der Waals surface area (Å²) in [7, 11) is 0. The number of aromatic nitrogens is 2. The molecule has 3 heterocycles. The molecule has 9 aromatic carbocycles. The summed E-state index contributed by atoms with van der Waals surface area (Å²) in [5.74, 6) is 0.688. The highest BCUT2D eigenvalue weighted by Crippen LogP contribution is 2.44. The van der Waals surface area contributed by atoms with Gasteiger partial charge in [-0.1, -0.05) is 152 Å². The van der Waals surface area contributed by atoms with E-state index in [4.69, 9.17) is 14.4 Å². The lowest BCUT2D eigenvalue weighted by atomic mass is 9.93. The number of hydrogen-bond donors (Lipinski definition) is 0. The minimum Gasteiger partial charge on any atom is -0.456 e. The van der Waals surface area contributed by atoms with Crippen molar-refractivity contribution in [3.05, 3.63) is 182 Å². The second-order valence-electron chi connectivity index (χ2n) is 14.5. The Morgan fingerprint density at radius 1 is 0.375 bits per heavy atom. The molecule has 0 aliphatic rings. The highest BCUT2D eigenvalue weighted by molar-refractivity contribution is 7.26. The van der Waals surface area contributed by atoms with Crippen LogP contribution in [0, 0.1) is 0 Å². The Kier molecular flexibility index (Phi) is 6.80. The molecule has 0 unspecified atom stereocenters. The van der Waals surface area contributed by atoms with Crippen molar-refractivity contribution in [1.82, 2.24) is 9.97 Å². The monoisotopic (exact) mass is 730 g/mol. The molecule has 0 radical (unpaired) electrons. The van der Waals surface area contributed by atoms with Crippen molar-refractivity contribution < 1.29 is 4.42 Å². The third-order valence-electron chi connectivity index (χ3n) is 11.3. The number of nitrogens with zero attached hydrogens (tertiary/aromatic N) is 2. The average molecular weight is 731 g/mol. The average Bonchev–Trinajstić information content (AvgIpc) is 3.84. The molecule has 3 aromatic heterocycles. The van der Waals surface area contributed by atoms with E-state index in [1.54, 1.807) is 11.3 Å². The summed E-state index contributed by atoms with van der Waals surface area (Å²) in [6, 6.07) is 64.9. The Labute approximate surface area is 325 Å². The van der Waals surface area contributed by atoms with Crippen LogP contribution in [0.2, 0.25) is 0 Å². The highest BCUT2D eigenvalue weighted by atomic mass is 32.1. The predicted octanol–water partition coefficient (Wildman–Crippen LogP) is 14.9. The van der Waals surface area contributed by atoms with Gasteiger partial charge in [-0.2, -0.15) is 0 Å². The van der Waals surface area contributed by atoms with E-state index in [9.17, 15) is 0 Å². The van der Waals surface area contributed by atoms with Crippen LogP contribution in [0.5, 0.6) is 0 Å². The summed E-state index contributed by atoms with van der Waals surface area (Å²) in [4.78, 5) is 10.8. The van der Waals surface area contributed by atoms with Crippen molar-refractivity contribution in [1.29, 1.82) is 0 Å². The number of rotatable bonds is 4. The van der Waals surface area contributed by atoms with Crippen LogP contribution in [-0.4, -0.2) is 9.97 Å². The quantitative estimate of drug-likeness (QED) is 0.169. The smallest absolute Gasteiger partial charge is 0.161 e. The van der Waals surface area contributed by atoms with Crippen molar-refractivity contribution in [2.24, 2.45) is 0 Å². The van der Waals surface area contributed by atoms with Gasteiger partial charge in [0.05, 0.1) is 15.9 Å². The molecule has 0 saturated heterocycles. The number of thiophene rings is 1. The summed E-state index contributed by atoms with van der Waals surface area (Å²) in [6.45, 7) is 0. The van der Waals surface area contributed by atoms with Crippen LogP contribution < -0.4 is 0 Å². The first-order valence-corrected chi connectivity index (χ1v) is 19.7. The van der Waals surface area contributed by atoms with E-state index in [2.05, 4.69) is 170 Å². The molecular weight excluding hydrogens is 701 g/mol. The van der Waals surface area contributed by atoms with Crippen LogP contribution in [0.1, 0.15) is 0 Å². The summed E-state index contributed by atoms with van der Waals surface area (Å²) < 4.78 is 8.89. The molecule has 0 N–H and O–H groups in total. The third kappa shape index (κ3) is 4.76. The van der Waals surface area contributed by atoms with E-state index < -0.39 is 0 Å². The van der Waals surface area contributed by atoms with E-state index in [0.29, 0.717) is 5.82 Å². The number of hydrogen-bond acceptors (Lipinski definition) is 4. The summed E-state index contributed by atoms with van der Waals surface area (Å²) in [5, 5.41) is 10.7. The van der Waals surface area contributed by atoms with Crippen molar-refractivity contribution in [2.75, 3.05) is 0 Å². The van der Waals surface area contributed by atoms with E-state index in [0.717, 1.165) is 65.5 Å². The van der Waals surface area contributed by atoms with Gasteiger partial charge in [-0.15, -0.1) is 11.3 Å². The lowest BCUT2D eigenvalue weighted by molar-refractivity contribution is 0.669.